The molecular formula is C30H46N4O5S. The number of carbonyl (C=O) groups is 2. The molecule has 9 nitrogen and oxygen atoms in total. The zero-order valence-electron chi connectivity index (χ0n) is 24.1. The van der Waals surface area contributed by atoms with E-state index in [0.717, 1.165) is 44.6 Å². The second-order valence-corrected chi connectivity index (χ2v) is 12.7. The number of carbonyl (C=O) groups excluding carboxylic acids is 2. The van der Waals surface area contributed by atoms with E-state index in [1.54, 1.807) is 18.7 Å². The summed E-state index contributed by atoms with van der Waals surface area (Å²) >= 11 is 0. The maximum Gasteiger partial charge on any atom is 0.262 e. The highest BCUT2D eigenvalue weighted by molar-refractivity contribution is 7.87. The van der Waals surface area contributed by atoms with E-state index in [1.807, 2.05) is 35.2 Å². The Kier molecular flexibility index (Phi) is 12.4. The zero-order chi connectivity index (χ0) is 29.1. The first-order chi connectivity index (χ1) is 19.3. The van der Waals surface area contributed by atoms with Crippen LogP contribution in [0.15, 0.2) is 54.5 Å². The van der Waals surface area contributed by atoms with Gasteiger partial charge in [0, 0.05) is 69.4 Å². The topological polar surface area (TPSA) is 102 Å². The predicted octanol–water partition coefficient (Wildman–Crippen LogP) is 3.22. The lowest BCUT2D eigenvalue weighted by molar-refractivity contribution is -0.136. The van der Waals surface area contributed by atoms with Crippen molar-refractivity contribution in [2.75, 3.05) is 64.4 Å². The fraction of sp³-hybridized carbons (Fsp3) is 0.600. The van der Waals surface area contributed by atoms with Gasteiger partial charge in [0.1, 0.15) is 4.75 Å². The van der Waals surface area contributed by atoms with Gasteiger partial charge in [0.25, 0.3) is 5.91 Å². The molecule has 2 atom stereocenters. The van der Waals surface area contributed by atoms with Gasteiger partial charge in [-0.05, 0) is 62.3 Å². The van der Waals surface area contributed by atoms with E-state index in [9.17, 15) is 19.0 Å². The van der Waals surface area contributed by atoms with Gasteiger partial charge < -0.3 is 19.4 Å². The van der Waals surface area contributed by atoms with E-state index >= 15 is 0 Å². The van der Waals surface area contributed by atoms with Gasteiger partial charge in [0.15, 0.2) is 0 Å². The molecular weight excluding hydrogens is 528 g/mol. The van der Waals surface area contributed by atoms with Crippen molar-refractivity contribution in [1.82, 2.24) is 15.3 Å². The van der Waals surface area contributed by atoms with Gasteiger partial charge in [0.05, 0.1) is 17.4 Å². The van der Waals surface area contributed by atoms with Crippen LogP contribution in [0.2, 0.25) is 0 Å². The second-order valence-electron chi connectivity index (χ2n) is 10.9. The lowest BCUT2D eigenvalue weighted by Crippen LogP contribution is -2.56. The number of methoxy groups -OCH3 is 1. The van der Waals surface area contributed by atoms with Gasteiger partial charge >= 0.3 is 0 Å². The van der Waals surface area contributed by atoms with Crippen molar-refractivity contribution in [2.45, 2.75) is 48.7 Å². The van der Waals surface area contributed by atoms with Crippen molar-refractivity contribution in [3.63, 3.8) is 0 Å². The summed E-state index contributed by atoms with van der Waals surface area (Å²) in [5, 5.41) is 9.45. The van der Waals surface area contributed by atoms with E-state index < -0.39 is 21.5 Å². The Morgan fingerprint density at radius 2 is 1.85 bits per heavy atom. The number of nitrogens with zero attached hydrogens (tertiary/aromatic N) is 3. The van der Waals surface area contributed by atoms with Gasteiger partial charge in [-0.15, -0.1) is 13.2 Å². The smallest absolute Gasteiger partial charge is 0.262 e. The first-order valence-corrected chi connectivity index (χ1v) is 15.4. The van der Waals surface area contributed by atoms with Crippen LogP contribution in [0.5, 0.6) is 0 Å². The number of allylic oxidation sites excluding steroid dienone is 1. The number of hydroxylamine groups is 1. The maximum atomic E-state index is 13.7. The Hall–Kier alpha value is -2.53. The van der Waals surface area contributed by atoms with E-state index in [0.29, 0.717) is 56.4 Å². The Balaban J connectivity index is 1.61. The molecule has 0 aromatic heterocycles. The summed E-state index contributed by atoms with van der Waals surface area (Å²) in [7, 11) is 0.0208. The number of hydrogen-bond donors (Lipinski definition) is 2. The molecule has 0 bridgehead atoms. The zero-order valence-corrected chi connectivity index (χ0v) is 24.9. The Morgan fingerprint density at radius 3 is 2.40 bits per heavy atom. The minimum atomic E-state index is -1.63. The SMILES string of the molecule is C=CCN(CCC(C)C=C)C(=O)C1CCN(c2ccc(S(=O)C3(C(=O)NO)CCN(CCOC)CC3)cc2)CC1. The molecule has 0 spiro atoms. The van der Waals surface area contributed by atoms with Crippen LogP contribution >= 0.6 is 0 Å². The van der Waals surface area contributed by atoms with Gasteiger partial charge in [0.2, 0.25) is 5.91 Å². The summed E-state index contributed by atoms with van der Waals surface area (Å²) in [6.07, 6.45) is 6.92. The Morgan fingerprint density at radius 1 is 1.20 bits per heavy atom. The van der Waals surface area contributed by atoms with Crippen LogP contribution in [0.25, 0.3) is 0 Å². The predicted molar refractivity (Wildman–Crippen MR) is 159 cm³/mol. The number of likely N-dealkylation sites (tertiary alicyclic amines) is 1. The minimum Gasteiger partial charge on any atom is -0.383 e. The summed E-state index contributed by atoms with van der Waals surface area (Å²) in [5.41, 5.74) is 2.77. The molecule has 2 unspecified atom stereocenters. The quantitative estimate of drug-likeness (QED) is 0.200. The lowest BCUT2D eigenvalue weighted by atomic mass is 9.94. The van der Waals surface area contributed by atoms with Crippen LogP contribution in [0, 0.1) is 11.8 Å². The van der Waals surface area contributed by atoms with Crippen LogP contribution in [0.4, 0.5) is 5.69 Å². The van der Waals surface area contributed by atoms with E-state index in [-0.39, 0.29) is 11.8 Å². The molecule has 0 radical (unpaired) electrons. The van der Waals surface area contributed by atoms with Crippen molar-refractivity contribution in [3.05, 3.63) is 49.6 Å². The maximum absolute atomic E-state index is 13.7. The summed E-state index contributed by atoms with van der Waals surface area (Å²) < 4.78 is 17.7. The highest BCUT2D eigenvalue weighted by Gasteiger charge is 2.47. The third-order valence-corrected chi connectivity index (χ3v) is 10.3. The molecule has 1 aromatic rings. The number of nitrogens with one attached hydrogen (secondary N) is 1. The van der Waals surface area contributed by atoms with Crippen LogP contribution in [0.1, 0.15) is 39.0 Å². The van der Waals surface area contributed by atoms with Gasteiger partial charge in [-0.2, -0.15) is 0 Å². The normalized spacial score (nSPS) is 19.4. The van der Waals surface area contributed by atoms with E-state index in [2.05, 4.69) is 29.9 Å². The lowest BCUT2D eigenvalue weighted by Gasteiger charge is -2.39. The average molecular weight is 575 g/mol. The van der Waals surface area contributed by atoms with Crippen molar-refractivity contribution < 1.29 is 23.7 Å². The summed E-state index contributed by atoms with van der Waals surface area (Å²) in [6.45, 7) is 15.1. The van der Waals surface area contributed by atoms with Crippen LogP contribution in [0.3, 0.4) is 0 Å². The molecule has 3 rings (SSSR count). The standard InChI is InChI=1S/C30H46N4O5S/c1-5-16-34(17-11-24(3)6-2)28(35)25-12-18-33(19-13-25)26-7-9-27(10-8-26)40(38)30(29(36)31-37)14-20-32(21-15-30)22-23-39-4/h5-10,24-25,37H,1-2,11-23H2,3-4H3,(H,31,36). The summed E-state index contributed by atoms with van der Waals surface area (Å²) in [4.78, 5) is 32.9. The molecule has 2 N–H and O–H groups in total. The Labute approximate surface area is 241 Å². The summed E-state index contributed by atoms with van der Waals surface area (Å²) in [6, 6.07) is 7.51. The molecule has 0 aliphatic carbocycles. The number of anilines is 1. The van der Waals surface area contributed by atoms with Gasteiger partial charge in [-0.1, -0.05) is 19.1 Å². The van der Waals surface area contributed by atoms with Crippen LogP contribution in [-0.4, -0.2) is 95.3 Å². The number of amides is 2. The summed E-state index contributed by atoms with van der Waals surface area (Å²) in [5.74, 6) is -0.0470. The van der Waals surface area contributed by atoms with Crippen molar-refractivity contribution in [2.24, 2.45) is 11.8 Å². The van der Waals surface area contributed by atoms with Crippen molar-refractivity contribution in [1.29, 1.82) is 0 Å². The molecule has 1 aromatic carbocycles. The molecule has 2 aliphatic heterocycles. The fourth-order valence-corrected chi connectivity index (χ4v) is 7.13. The number of rotatable bonds is 14. The molecule has 40 heavy (non-hydrogen) atoms. The van der Waals surface area contributed by atoms with Crippen LogP contribution < -0.4 is 10.4 Å². The number of piperidine rings is 2. The van der Waals surface area contributed by atoms with Gasteiger partial charge in [-0.25, -0.2) is 5.48 Å². The molecule has 2 fully saturated rings. The minimum absolute atomic E-state index is 0.00591. The fourth-order valence-electron chi connectivity index (χ4n) is 5.53. The molecule has 10 heteroatoms. The van der Waals surface area contributed by atoms with E-state index in [1.165, 1.54) is 0 Å². The van der Waals surface area contributed by atoms with Crippen molar-refractivity contribution in [3.8, 4) is 0 Å². The molecule has 2 saturated heterocycles. The Bertz CT molecular complexity index is 1020. The van der Waals surface area contributed by atoms with Crippen LogP contribution in [-0.2, 0) is 25.1 Å². The molecule has 2 heterocycles. The average Bonchev–Trinajstić information content (AvgIpc) is 3.01. The first-order valence-electron chi connectivity index (χ1n) is 14.2. The number of benzene rings is 1. The highest BCUT2D eigenvalue weighted by atomic mass is 32.2. The second kappa shape index (κ2) is 15.5. The molecule has 222 valence electrons. The molecule has 2 aliphatic rings. The third kappa shape index (κ3) is 7.81. The third-order valence-electron chi connectivity index (χ3n) is 8.32. The molecule has 2 amide bonds. The van der Waals surface area contributed by atoms with Gasteiger partial charge in [-0.3, -0.25) is 19.0 Å². The largest absolute Gasteiger partial charge is 0.383 e. The first kappa shape index (κ1) is 32.0. The monoisotopic (exact) mass is 574 g/mol. The number of hydrogen-bond acceptors (Lipinski definition) is 7. The number of ether oxygens (including phenoxy) is 1. The molecule has 0 saturated carbocycles. The van der Waals surface area contributed by atoms with Crippen molar-refractivity contribution >= 4 is 28.3 Å². The van der Waals surface area contributed by atoms with E-state index in [4.69, 9.17) is 4.74 Å². The highest BCUT2D eigenvalue weighted by Crippen LogP contribution is 2.34.